The molecule has 2 rings (SSSR count). The van der Waals surface area contributed by atoms with E-state index in [1.54, 1.807) is 0 Å². The number of nitrogens with two attached hydrogens (primary N) is 1. The van der Waals surface area contributed by atoms with Crippen molar-refractivity contribution in [3.05, 3.63) is 41.2 Å². The lowest BCUT2D eigenvalue weighted by atomic mass is 10.2. The molecule has 118 valence electrons. The van der Waals surface area contributed by atoms with Gasteiger partial charge in [-0.15, -0.1) is 0 Å². The van der Waals surface area contributed by atoms with Crippen LogP contribution < -0.4 is 16.0 Å². The molecule has 0 fully saturated rings. The summed E-state index contributed by atoms with van der Waals surface area (Å²) in [5.41, 5.74) is 7.70. The molecule has 0 saturated heterocycles. The van der Waals surface area contributed by atoms with Crippen LogP contribution in [0.3, 0.4) is 0 Å². The van der Waals surface area contributed by atoms with Crippen molar-refractivity contribution < 1.29 is 5.11 Å². The summed E-state index contributed by atoms with van der Waals surface area (Å²) in [6, 6.07) is 7.57. The Balaban J connectivity index is 2.12. The fourth-order valence-corrected chi connectivity index (χ4v) is 2.23. The van der Waals surface area contributed by atoms with Gasteiger partial charge in [-0.1, -0.05) is 23.7 Å². The molecule has 0 aliphatic carbocycles. The summed E-state index contributed by atoms with van der Waals surface area (Å²) in [4.78, 5) is 10.3. The minimum atomic E-state index is 0.0464. The van der Waals surface area contributed by atoms with Gasteiger partial charge in [0.25, 0.3) is 0 Å². The van der Waals surface area contributed by atoms with Gasteiger partial charge in [0, 0.05) is 24.7 Å². The van der Waals surface area contributed by atoms with E-state index in [9.17, 15) is 0 Å². The van der Waals surface area contributed by atoms with Gasteiger partial charge in [-0.2, -0.15) is 0 Å². The highest BCUT2D eigenvalue weighted by molar-refractivity contribution is 6.30. The highest BCUT2D eigenvalue weighted by Crippen LogP contribution is 2.26. The summed E-state index contributed by atoms with van der Waals surface area (Å²) in [6.45, 7) is 3.81. The minimum absolute atomic E-state index is 0.0464. The van der Waals surface area contributed by atoms with Gasteiger partial charge >= 0.3 is 0 Å². The first kappa shape index (κ1) is 16.3. The lowest BCUT2D eigenvalue weighted by molar-refractivity contribution is 0.302. The molecule has 0 atom stereocenters. The summed E-state index contributed by atoms with van der Waals surface area (Å²) in [5.74, 6) is 1.21. The molecule has 0 radical (unpaired) electrons. The van der Waals surface area contributed by atoms with Gasteiger partial charge in [-0.3, -0.25) is 0 Å². The smallest absolute Gasteiger partial charge is 0.157 e. The van der Waals surface area contributed by atoms with Crippen molar-refractivity contribution >= 4 is 28.9 Å². The summed E-state index contributed by atoms with van der Waals surface area (Å²) in [7, 11) is 0. The summed E-state index contributed by atoms with van der Waals surface area (Å²) in [6.07, 6.45) is 1.47. The Kier molecular flexibility index (Phi) is 5.80. The molecule has 0 unspecified atom stereocenters. The van der Waals surface area contributed by atoms with Gasteiger partial charge in [-0.25, -0.2) is 9.97 Å². The van der Waals surface area contributed by atoms with E-state index < -0.39 is 0 Å². The number of halogens is 1. The van der Waals surface area contributed by atoms with Gasteiger partial charge in [-0.05, 0) is 24.6 Å². The van der Waals surface area contributed by atoms with Crippen LogP contribution in [0.2, 0.25) is 5.02 Å². The van der Waals surface area contributed by atoms with Gasteiger partial charge in [0.2, 0.25) is 0 Å². The normalized spacial score (nSPS) is 10.5. The van der Waals surface area contributed by atoms with E-state index in [2.05, 4.69) is 15.3 Å². The van der Waals surface area contributed by atoms with Crippen molar-refractivity contribution in [2.75, 3.05) is 35.6 Å². The fourth-order valence-electron chi connectivity index (χ4n) is 2.10. The lowest BCUT2D eigenvalue weighted by Crippen LogP contribution is -2.28. The van der Waals surface area contributed by atoms with E-state index in [0.717, 1.165) is 5.56 Å². The molecule has 0 saturated carbocycles. The number of hydrogen-bond acceptors (Lipinski definition) is 6. The van der Waals surface area contributed by atoms with Crippen LogP contribution >= 0.6 is 11.6 Å². The number of nitrogens with zero attached hydrogens (tertiary/aromatic N) is 3. The van der Waals surface area contributed by atoms with Crippen LogP contribution in [0.4, 0.5) is 17.3 Å². The molecular formula is C15H20ClN5O. The Labute approximate surface area is 134 Å². The molecule has 0 spiro atoms. The molecule has 4 N–H and O–H groups in total. The third-order valence-electron chi connectivity index (χ3n) is 3.29. The van der Waals surface area contributed by atoms with Crippen LogP contribution in [-0.4, -0.2) is 34.8 Å². The Bertz CT molecular complexity index is 605. The van der Waals surface area contributed by atoms with Crippen molar-refractivity contribution in [3.63, 3.8) is 0 Å². The van der Waals surface area contributed by atoms with E-state index in [1.807, 2.05) is 36.1 Å². The number of rotatable bonds is 7. The standard InChI is InChI=1S/C15H20ClN5O/c1-2-21(7-8-22)15-13(17)14(19-10-20-15)18-9-11-3-5-12(16)6-4-11/h3-6,10,22H,2,7-9,17H2,1H3,(H,18,19,20). The van der Waals surface area contributed by atoms with Gasteiger partial charge in [0.05, 0.1) is 6.61 Å². The number of likely N-dealkylation sites (N-methyl/N-ethyl adjacent to an activating group) is 1. The average molecular weight is 322 g/mol. The quantitative estimate of drug-likeness (QED) is 0.724. The van der Waals surface area contributed by atoms with E-state index >= 15 is 0 Å². The highest BCUT2D eigenvalue weighted by atomic mass is 35.5. The molecule has 2 aromatic rings. The Morgan fingerprint density at radius 3 is 2.64 bits per heavy atom. The van der Waals surface area contributed by atoms with Crippen molar-refractivity contribution in [2.24, 2.45) is 0 Å². The topological polar surface area (TPSA) is 87.3 Å². The predicted molar refractivity (Wildman–Crippen MR) is 90.2 cm³/mol. The SMILES string of the molecule is CCN(CCO)c1ncnc(NCc2ccc(Cl)cc2)c1N. The van der Waals surface area contributed by atoms with E-state index in [0.29, 0.717) is 42.0 Å². The van der Waals surface area contributed by atoms with Gasteiger partial charge in [0.1, 0.15) is 12.0 Å². The zero-order valence-corrected chi connectivity index (χ0v) is 13.2. The molecule has 6 nitrogen and oxygen atoms in total. The lowest BCUT2D eigenvalue weighted by Gasteiger charge is -2.23. The number of hydrogen-bond donors (Lipinski definition) is 3. The maximum atomic E-state index is 9.11. The number of aliphatic hydroxyl groups excluding tert-OH is 1. The number of benzene rings is 1. The zero-order chi connectivity index (χ0) is 15.9. The van der Waals surface area contributed by atoms with Crippen molar-refractivity contribution in [2.45, 2.75) is 13.5 Å². The monoisotopic (exact) mass is 321 g/mol. The second-order valence-electron chi connectivity index (χ2n) is 4.74. The molecule has 1 heterocycles. The van der Waals surface area contributed by atoms with Crippen LogP contribution in [0, 0.1) is 0 Å². The maximum absolute atomic E-state index is 9.11. The fraction of sp³-hybridized carbons (Fsp3) is 0.333. The molecular weight excluding hydrogens is 302 g/mol. The minimum Gasteiger partial charge on any atom is -0.395 e. The third kappa shape index (κ3) is 3.99. The average Bonchev–Trinajstić information content (AvgIpc) is 2.53. The number of anilines is 3. The largest absolute Gasteiger partial charge is 0.395 e. The molecule has 0 aliphatic heterocycles. The van der Waals surface area contributed by atoms with Crippen molar-refractivity contribution in [1.29, 1.82) is 0 Å². The number of aromatic nitrogens is 2. The molecule has 0 bridgehead atoms. The second kappa shape index (κ2) is 7.82. The first-order valence-electron chi connectivity index (χ1n) is 7.10. The van der Waals surface area contributed by atoms with E-state index in [4.69, 9.17) is 22.4 Å². The van der Waals surface area contributed by atoms with E-state index in [-0.39, 0.29) is 6.61 Å². The van der Waals surface area contributed by atoms with Crippen LogP contribution in [0.15, 0.2) is 30.6 Å². The molecule has 1 aromatic heterocycles. The number of nitrogen functional groups attached to an aromatic ring is 1. The number of aliphatic hydroxyl groups is 1. The molecule has 22 heavy (non-hydrogen) atoms. The third-order valence-corrected chi connectivity index (χ3v) is 3.54. The van der Waals surface area contributed by atoms with Crippen molar-refractivity contribution in [3.8, 4) is 0 Å². The summed E-state index contributed by atoms with van der Waals surface area (Å²) >= 11 is 5.87. The molecule has 0 amide bonds. The molecule has 0 aliphatic rings. The van der Waals surface area contributed by atoms with E-state index in [1.165, 1.54) is 6.33 Å². The maximum Gasteiger partial charge on any atom is 0.157 e. The molecule has 1 aromatic carbocycles. The van der Waals surface area contributed by atoms with Crippen LogP contribution in [0.25, 0.3) is 0 Å². The Morgan fingerprint density at radius 1 is 1.27 bits per heavy atom. The van der Waals surface area contributed by atoms with Crippen molar-refractivity contribution in [1.82, 2.24) is 9.97 Å². The second-order valence-corrected chi connectivity index (χ2v) is 5.18. The first-order chi connectivity index (χ1) is 10.7. The highest BCUT2D eigenvalue weighted by Gasteiger charge is 2.13. The predicted octanol–water partition coefficient (Wildman–Crippen LogP) is 2.14. The Morgan fingerprint density at radius 2 is 2.00 bits per heavy atom. The van der Waals surface area contributed by atoms with Gasteiger partial charge < -0.3 is 21.1 Å². The Hall–Kier alpha value is -2.05. The number of nitrogens with one attached hydrogen (secondary N) is 1. The van der Waals surface area contributed by atoms with Crippen LogP contribution in [-0.2, 0) is 6.54 Å². The zero-order valence-electron chi connectivity index (χ0n) is 12.5. The molecule has 7 heteroatoms. The first-order valence-corrected chi connectivity index (χ1v) is 7.48. The van der Waals surface area contributed by atoms with Crippen LogP contribution in [0.1, 0.15) is 12.5 Å². The summed E-state index contributed by atoms with van der Waals surface area (Å²) < 4.78 is 0. The van der Waals surface area contributed by atoms with Crippen LogP contribution in [0.5, 0.6) is 0 Å². The summed E-state index contributed by atoms with van der Waals surface area (Å²) in [5, 5.41) is 13.0. The van der Waals surface area contributed by atoms with Gasteiger partial charge in [0.15, 0.2) is 11.6 Å².